The van der Waals surface area contributed by atoms with Crippen LogP contribution in [0.5, 0.6) is 0 Å². The van der Waals surface area contributed by atoms with Crippen LogP contribution < -0.4 is 0 Å². The molecule has 0 bridgehead atoms. The summed E-state index contributed by atoms with van der Waals surface area (Å²) in [6, 6.07) is 1.59. The first-order chi connectivity index (χ1) is 8.27. The van der Waals surface area contributed by atoms with Gasteiger partial charge in [0.1, 0.15) is 0 Å². The van der Waals surface area contributed by atoms with E-state index in [2.05, 4.69) is 5.10 Å². The smallest absolute Gasteiger partial charge is 0.276 e. The quantitative estimate of drug-likeness (QED) is 0.806. The second-order valence-electron chi connectivity index (χ2n) is 4.33. The summed E-state index contributed by atoms with van der Waals surface area (Å²) < 4.78 is 25.9. The van der Waals surface area contributed by atoms with Crippen LogP contribution in [-0.2, 0) is 29.6 Å². The van der Waals surface area contributed by atoms with Gasteiger partial charge in [0.2, 0.25) is 0 Å². The van der Waals surface area contributed by atoms with Crippen LogP contribution in [0.15, 0.2) is 23.5 Å². The fourth-order valence-corrected chi connectivity index (χ4v) is 3.14. The Labute approximate surface area is 110 Å². The highest BCUT2D eigenvalue weighted by atomic mass is 35.7. The summed E-state index contributed by atoms with van der Waals surface area (Å²) >= 11 is 0. The van der Waals surface area contributed by atoms with Gasteiger partial charge in [0.05, 0.1) is 5.69 Å². The molecular formula is C11H14ClN3O2S. The molecular weight excluding hydrogens is 274 g/mol. The number of halogens is 1. The number of nitrogens with zero attached hydrogens (tertiary/aromatic N) is 3. The van der Waals surface area contributed by atoms with Crippen molar-refractivity contribution >= 4 is 19.7 Å². The summed E-state index contributed by atoms with van der Waals surface area (Å²) in [6.07, 6.45) is 4.33. The van der Waals surface area contributed by atoms with Crippen LogP contribution in [0, 0.1) is 6.92 Å². The van der Waals surface area contributed by atoms with Crippen LogP contribution in [0.25, 0.3) is 0 Å². The summed E-state index contributed by atoms with van der Waals surface area (Å²) in [6.45, 7) is 1.93. The van der Waals surface area contributed by atoms with E-state index in [1.165, 1.54) is 4.57 Å². The topological polar surface area (TPSA) is 56.9 Å². The third kappa shape index (κ3) is 2.59. The maximum atomic E-state index is 11.3. The first-order valence-electron chi connectivity index (χ1n) is 5.36. The minimum Gasteiger partial charge on any atom is -0.341 e. The first kappa shape index (κ1) is 13.2. The van der Waals surface area contributed by atoms with E-state index in [-0.39, 0.29) is 5.03 Å². The molecule has 0 aliphatic heterocycles. The number of hydrogen-bond acceptors (Lipinski definition) is 3. The second-order valence-corrected chi connectivity index (χ2v) is 6.84. The van der Waals surface area contributed by atoms with Crippen molar-refractivity contribution in [2.24, 2.45) is 14.1 Å². The molecule has 2 aromatic heterocycles. The van der Waals surface area contributed by atoms with Crippen molar-refractivity contribution in [2.75, 3.05) is 0 Å². The molecule has 0 aliphatic rings. The van der Waals surface area contributed by atoms with E-state index in [0.29, 0.717) is 6.42 Å². The molecule has 0 N–H and O–H groups in total. The minimum atomic E-state index is -3.70. The molecule has 0 unspecified atom stereocenters. The third-order valence-corrected chi connectivity index (χ3v) is 4.16. The molecule has 0 aliphatic carbocycles. The highest BCUT2D eigenvalue weighted by molar-refractivity contribution is 8.13. The van der Waals surface area contributed by atoms with Gasteiger partial charge < -0.3 is 4.57 Å². The van der Waals surface area contributed by atoms with Crippen molar-refractivity contribution < 1.29 is 8.42 Å². The maximum absolute atomic E-state index is 11.3. The van der Waals surface area contributed by atoms with E-state index in [1.807, 2.05) is 20.2 Å². The van der Waals surface area contributed by atoms with Crippen LogP contribution in [0.3, 0.4) is 0 Å². The Morgan fingerprint density at radius 2 is 2.00 bits per heavy atom. The van der Waals surface area contributed by atoms with Gasteiger partial charge in [0.25, 0.3) is 9.05 Å². The zero-order valence-electron chi connectivity index (χ0n) is 10.4. The summed E-state index contributed by atoms with van der Waals surface area (Å²) in [7, 11) is 5.17. The Morgan fingerprint density at radius 3 is 2.44 bits per heavy atom. The van der Waals surface area contributed by atoms with Crippen molar-refractivity contribution in [3.63, 3.8) is 0 Å². The standard InChI is InChI=1S/C11H14ClN3O2S/c1-8-10(7-15(3)13-8)4-9-5-11(14(2)6-9)18(12,16)17/h5-7H,4H2,1-3H3. The zero-order chi connectivity index (χ0) is 13.5. The van der Waals surface area contributed by atoms with Gasteiger partial charge >= 0.3 is 0 Å². The van der Waals surface area contributed by atoms with Crippen molar-refractivity contribution in [2.45, 2.75) is 18.4 Å². The predicted octanol–water partition coefficient (Wildman–Crippen LogP) is 1.59. The average molecular weight is 288 g/mol. The van der Waals surface area contributed by atoms with E-state index in [4.69, 9.17) is 10.7 Å². The zero-order valence-corrected chi connectivity index (χ0v) is 12.0. The summed E-state index contributed by atoms with van der Waals surface area (Å²) in [5.74, 6) is 0. The lowest BCUT2D eigenvalue weighted by Gasteiger charge is -1.95. The van der Waals surface area contributed by atoms with Gasteiger partial charge in [-0.05, 0) is 24.1 Å². The Bertz CT molecular complexity index is 685. The summed E-state index contributed by atoms with van der Waals surface area (Å²) in [5, 5.41) is 4.36. The Kier molecular flexibility index (Phi) is 3.25. The van der Waals surface area contributed by atoms with E-state index < -0.39 is 9.05 Å². The lowest BCUT2D eigenvalue weighted by Crippen LogP contribution is -1.97. The Morgan fingerprint density at radius 1 is 1.33 bits per heavy atom. The molecule has 2 rings (SSSR count). The molecule has 0 spiro atoms. The van der Waals surface area contributed by atoms with Crippen molar-refractivity contribution in [1.29, 1.82) is 0 Å². The van der Waals surface area contributed by atoms with Crippen LogP contribution in [-0.4, -0.2) is 22.8 Å². The van der Waals surface area contributed by atoms with Gasteiger partial charge in [0, 0.05) is 43.6 Å². The van der Waals surface area contributed by atoms with Crippen molar-refractivity contribution in [3.8, 4) is 0 Å². The molecule has 0 saturated heterocycles. The fraction of sp³-hybridized carbons (Fsp3) is 0.364. The molecule has 0 radical (unpaired) electrons. The number of hydrogen-bond donors (Lipinski definition) is 0. The Balaban J connectivity index is 2.34. The van der Waals surface area contributed by atoms with Gasteiger partial charge in [0.15, 0.2) is 5.03 Å². The van der Waals surface area contributed by atoms with Gasteiger partial charge in [-0.3, -0.25) is 4.68 Å². The van der Waals surface area contributed by atoms with Crippen molar-refractivity contribution in [1.82, 2.24) is 14.3 Å². The Hall–Kier alpha value is -1.27. The van der Waals surface area contributed by atoms with Crippen LogP contribution in [0.4, 0.5) is 0 Å². The number of aryl methyl sites for hydroxylation is 3. The largest absolute Gasteiger partial charge is 0.341 e. The van der Waals surface area contributed by atoms with Crippen molar-refractivity contribution in [3.05, 3.63) is 35.3 Å². The molecule has 0 saturated carbocycles. The van der Waals surface area contributed by atoms with E-state index in [0.717, 1.165) is 16.8 Å². The number of rotatable bonds is 3. The predicted molar refractivity (Wildman–Crippen MR) is 69.2 cm³/mol. The van der Waals surface area contributed by atoms with Gasteiger partial charge in [-0.1, -0.05) is 0 Å². The SMILES string of the molecule is Cc1nn(C)cc1Cc1cc(S(=O)(=O)Cl)n(C)c1. The average Bonchev–Trinajstić information content (AvgIpc) is 2.70. The molecule has 2 aromatic rings. The molecule has 18 heavy (non-hydrogen) atoms. The summed E-state index contributed by atoms with van der Waals surface area (Å²) in [5.41, 5.74) is 2.91. The van der Waals surface area contributed by atoms with Crippen LogP contribution >= 0.6 is 10.7 Å². The highest BCUT2D eigenvalue weighted by Gasteiger charge is 2.16. The summed E-state index contributed by atoms with van der Waals surface area (Å²) in [4.78, 5) is 0. The molecule has 0 fully saturated rings. The molecule has 7 heteroatoms. The van der Waals surface area contributed by atoms with Gasteiger partial charge in [-0.2, -0.15) is 5.10 Å². The van der Waals surface area contributed by atoms with Crippen LogP contribution in [0.2, 0.25) is 0 Å². The first-order valence-corrected chi connectivity index (χ1v) is 7.67. The van der Waals surface area contributed by atoms with E-state index >= 15 is 0 Å². The maximum Gasteiger partial charge on any atom is 0.276 e. The monoisotopic (exact) mass is 287 g/mol. The molecule has 0 atom stereocenters. The van der Waals surface area contributed by atoms with Gasteiger partial charge in [-0.25, -0.2) is 8.42 Å². The molecule has 0 amide bonds. The van der Waals surface area contributed by atoms with Gasteiger partial charge in [-0.15, -0.1) is 0 Å². The van der Waals surface area contributed by atoms with E-state index in [9.17, 15) is 8.42 Å². The third-order valence-electron chi connectivity index (χ3n) is 2.78. The fourth-order valence-electron chi connectivity index (χ4n) is 1.99. The minimum absolute atomic E-state index is 0.112. The normalized spacial score (nSPS) is 12.0. The highest BCUT2D eigenvalue weighted by Crippen LogP contribution is 2.20. The van der Waals surface area contributed by atoms with E-state index in [1.54, 1.807) is 24.0 Å². The molecule has 98 valence electrons. The molecule has 2 heterocycles. The lowest BCUT2D eigenvalue weighted by atomic mass is 10.1. The molecule has 0 aromatic carbocycles. The lowest BCUT2D eigenvalue weighted by molar-refractivity contribution is 0.600. The number of aromatic nitrogens is 3. The van der Waals surface area contributed by atoms with Crippen LogP contribution in [0.1, 0.15) is 16.8 Å². The molecule has 5 nitrogen and oxygen atoms in total. The second kappa shape index (κ2) is 4.44.